The molecule has 6 rings (SSSR count). The molecule has 1 aromatic carbocycles. The van der Waals surface area contributed by atoms with Crippen LogP contribution in [0.1, 0.15) is 43.6 Å². The molecule has 3 aliphatic carbocycles. The van der Waals surface area contributed by atoms with Crippen molar-refractivity contribution in [1.82, 2.24) is 0 Å². The smallest absolute Gasteiger partial charge is 0.217 e. The van der Waals surface area contributed by atoms with Gasteiger partial charge in [0.1, 0.15) is 0 Å². The molecule has 4 fully saturated rings. The highest BCUT2D eigenvalue weighted by molar-refractivity contribution is 5.89. The molecule has 2 saturated carbocycles. The molecule has 2 saturated heterocycles. The maximum Gasteiger partial charge on any atom is 0.217 e. The van der Waals surface area contributed by atoms with Crippen molar-refractivity contribution in [2.24, 2.45) is 34.5 Å². The third-order valence-electron chi connectivity index (χ3n) is 8.94. The standard InChI is InChI=1S/C26H24N4O2/c27-13-24(14-28)22(20-11-16-6-7-19(20)10-16)31-26-9-8-18(17-4-2-1-3-5-17)12-21(26)25(24,15-29)23(30)32-26/h1-7,16,18-22,30H,8-12H2. The summed E-state index contributed by atoms with van der Waals surface area (Å²) in [5.74, 6) is -1.08. The maximum atomic E-state index is 10.6. The molecule has 0 radical (unpaired) electrons. The van der Waals surface area contributed by atoms with Gasteiger partial charge in [-0.2, -0.15) is 15.8 Å². The average molecular weight is 425 g/mol. The van der Waals surface area contributed by atoms with Gasteiger partial charge in [0.15, 0.2) is 10.8 Å². The van der Waals surface area contributed by atoms with Crippen molar-refractivity contribution in [3.05, 3.63) is 48.0 Å². The highest BCUT2D eigenvalue weighted by atomic mass is 16.7. The number of nitrogens with one attached hydrogen (secondary N) is 1. The van der Waals surface area contributed by atoms with Crippen LogP contribution in [0.25, 0.3) is 0 Å². The van der Waals surface area contributed by atoms with E-state index in [0.29, 0.717) is 18.8 Å². The van der Waals surface area contributed by atoms with Gasteiger partial charge in [0, 0.05) is 6.42 Å². The number of rotatable bonds is 2. The van der Waals surface area contributed by atoms with Gasteiger partial charge in [-0.3, -0.25) is 5.41 Å². The summed E-state index contributed by atoms with van der Waals surface area (Å²) in [6.45, 7) is 0. The highest BCUT2D eigenvalue weighted by Gasteiger charge is 2.81. The van der Waals surface area contributed by atoms with Crippen molar-refractivity contribution < 1.29 is 9.47 Å². The van der Waals surface area contributed by atoms with Crippen molar-refractivity contribution in [2.45, 2.75) is 49.9 Å². The Balaban J connectivity index is 1.48. The van der Waals surface area contributed by atoms with E-state index < -0.39 is 28.6 Å². The monoisotopic (exact) mass is 424 g/mol. The van der Waals surface area contributed by atoms with Crippen LogP contribution in [0.5, 0.6) is 0 Å². The minimum Gasteiger partial charge on any atom is -0.447 e. The van der Waals surface area contributed by atoms with Gasteiger partial charge in [-0.15, -0.1) is 0 Å². The molecule has 4 bridgehead atoms. The molecule has 0 amide bonds. The highest BCUT2D eigenvalue weighted by Crippen LogP contribution is 2.69. The Labute approximate surface area is 187 Å². The van der Waals surface area contributed by atoms with Crippen LogP contribution in [0, 0.1) is 73.9 Å². The summed E-state index contributed by atoms with van der Waals surface area (Å²) in [6.07, 6.45) is 7.39. The third-order valence-corrected chi connectivity index (χ3v) is 8.94. The van der Waals surface area contributed by atoms with E-state index in [1.165, 1.54) is 5.56 Å². The number of fused-ring (bicyclic) bond motifs is 2. The predicted octanol–water partition coefficient (Wildman–Crippen LogP) is 4.43. The van der Waals surface area contributed by atoms with E-state index in [-0.39, 0.29) is 23.7 Å². The number of nitriles is 3. The van der Waals surface area contributed by atoms with Crippen molar-refractivity contribution >= 4 is 5.90 Å². The molecule has 8 unspecified atom stereocenters. The third kappa shape index (κ3) is 2.13. The molecule has 5 aliphatic rings. The lowest BCUT2D eigenvalue weighted by Crippen LogP contribution is -2.65. The minimum atomic E-state index is -1.77. The summed E-state index contributed by atoms with van der Waals surface area (Å²) in [5, 5.41) is 40.3. The van der Waals surface area contributed by atoms with Gasteiger partial charge in [-0.05, 0) is 54.9 Å². The van der Waals surface area contributed by atoms with Gasteiger partial charge in [0.05, 0.1) is 30.2 Å². The van der Waals surface area contributed by atoms with E-state index in [1.54, 1.807) is 0 Å². The summed E-state index contributed by atoms with van der Waals surface area (Å²) in [5.41, 5.74) is -2.23. The number of benzene rings is 1. The van der Waals surface area contributed by atoms with E-state index >= 15 is 0 Å². The average Bonchev–Trinajstić information content (AvgIpc) is 3.51. The first-order valence-electron chi connectivity index (χ1n) is 11.5. The number of nitrogens with zero attached hydrogens (tertiary/aromatic N) is 3. The van der Waals surface area contributed by atoms with Crippen LogP contribution in [0.3, 0.4) is 0 Å². The van der Waals surface area contributed by atoms with E-state index in [0.717, 1.165) is 19.3 Å². The molecule has 32 heavy (non-hydrogen) atoms. The quantitative estimate of drug-likeness (QED) is 0.706. The van der Waals surface area contributed by atoms with Crippen molar-refractivity contribution in [1.29, 1.82) is 21.2 Å². The Morgan fingerprint density at radius 1 is 0.969 bits per heavy atom. The molecule has 1 aromatic rings. The zero-order valence-corrected chi connectivity index (χ0v) is 17.7. The zero-order chi connectivity index (χ0) is 22.1. The summed E-state index contributed by atoms with van der Waals surface area (Å²) in [7, 11) is 0. The first kappa shape index (κ1) is 19.5. The first-order chi connectivity index (χ1) is 15.5. The second-order valence-electron chi connectivity index (χ2n) is 10.1. The van der Waals surface area contributed by atoms with Crippen LogP contribution in [0.2, 0.25) is 0 Å². The molecule has 8 atom stereocenters. The second-order valence-corrected chi connectivity index (χ2v) is 10.1. The van der Waals surface area contributed by atoms with E-state index in [2.05, 4.69) is 42.5 Å². The van der Waals surface area contributed by atoms with Crippen LogP contribution >= 0.6 is 0 Å². The van der Waals surface area contributed by atoms with Gasteiger partial charge in [0.2, 0.25) is 11.7 Å². The predicted molar refractivity (Wildman–Crippen MR) is 113 cm³/mol. The van der Waals surface area contributed by atoms with Gasteiger partial charge in [-0.1, -0.05) is 42.5 Å². The number of ether oxygens (including phenoxy) is 2. The van der Waals surface area contributed by atoms with E-state index in [4.69, 9.17) is 14.9 Å². The van der Waals surface area contributed by atoms with Crippen LogP contribution in [-0.2, 0) is 9.47 Å². The molecule has 6 heteroatoms. The molecule has 0 aromatic heterocycles. The van der Waals surface area contributed by atoms with Crippen molar-refractivity contribution in [3.63, 3.8) is 0 Å². The Morgan fingerprint density at radius 2 is 1.75 bits per heavy atom. The minimum absolute atomic E-state index is 0.0174. The van der Waals surface area contributed by atoms with Gasteiger partial charge >= 0.3 is 0 Å². The maximum absolute atomic E-state index is 10.6. The molecule has 160 valence electrons. The molecule has 0 spiro atoms. The number of allylic oxidation sites excluding steroid dienone is 2. The Bertz CT molecular complexity index is 1130. The molecule has 2 aliphatic heterocycles. The molecular formula is C26H24N4O2. The Kier molecular flexibility index (Phi) is 3.93. The van der Waals surface area contributed by atoms with Gasteiger partial charge in [0.25, 0.3) is 0 Å². The fraction of sp³-hybridized carbons (Fsp3) is 0.538. The summed E-state index contributed by atoms with van der Waals surface area (Å²) < 4.78 is 12.8. The zero-order valence-electron chi connectivity index (χ0n) is 17.7. The van der Waals surface area contributed by atoms with Crippen molar-refractivity contribution in [2.75, 3.05) is 0 Å². The van der Waals surface area contributed by atoms with Crippen LogP contribution < -0.4 is 0 Å². The molecular weight excluding hydrogens is 400 g/mol. The van der Waals surface area contributed by atoms with Gasteiger partial charge < -0.3 is 9.47 Å². The lowest BCUT2D eigenvalue weighted by molar-refractivity contribution is -0.304. The van der Waals surface area contributed by atoms with Gasteiger partial charge in [-0.25, -0.2) is 0 Å². The van der Waals surface area contributed by atoms with E-state index in [1.807, 2.05) is 18.2 Å². The lowest BCUT2D eigenvalue weighted by atomic mass is 9.49. The first-order valence-corrected chi connectivity index (χ1v) is 11.5. The SMILES string of the molecule is N#CC1(C#N)C(C2CC3C=CC2C3)OC23CCC(c4ccccc4)CC2C1(C#N)C(=N)O3. The van der Waals surface area contributed by atoms with Crippen LogP contribution in [0.4, 0.5) is 0 Å². The fourth-order valence-electron chi connectivity index (χ4n) is 7.47. The lowest BCUT2D eigenvalue weighted by Gasteiger charge is -2.54. The Hall–Kier alpha value is -3.14. The molecule has 2 heterocycles. The van der Waals surface area contributed by atoms with Crippen LogP contribution in [-0.4, -0.2) is 17.8 Å². The summed E-state index contributed by atoms with van der Waals surface area (Å²) >= 11 is 0. The van der Waals surface area contributed by atoms with Crippen molar-refractivity contribution in [3.8, 4) is 18.2 Å². The van der Waals surface area contributed by atoms with E-state index in [9.17, 15) is 15.8 Å². The summed E-state index contributed by atoms with van der Waals surface area (Å²) in [4.78, 5) is 0. The Morgan fingerprint density at radius 3 is 2.38 bits per heavy atom. The molecule has 6 nitrogen and oxygen atoms in total. The largest absolute Gasteiger partial charge is 0.447 e. The normalized spacial score (nSPS) is 44.7. The summed E-state index contributed by atoms with van der Waals surface area (Å²) in [6, 6.07) is 16.9. The second kappa shape index (κ2) is 6.44. The fourth-order valence-corrected chi connectivity index (χ4v) is 7.47. The topological polar surface area (TPSA) is 114 Å². The number of hydrogen-bond donors (Lipinski definition) is 1. The molecule has 1 N–H and O–H groups in total. The number of hydrogen-bond acceptors (Lipinski definition) is 6. The van der Waals surface area contributed by atoms with Crippen LogP contribution in [0.15, 0.2) is 42.5 Å².